The minimum atomic E-state index is -0.524. The van der Waals surface area contributed by atoms with Gasteiger partial charge in [0.15, 0.2) is 0 Å². The molecule has 1 aromatic carbocycles. The Hall–Kier alpha value is -3.43. The van der Waals surface area contributed by atoms with Crippen LogP contribution in [0.2, 0.25) is 0 Å². The second kappa shape index (κ2) is 11.5. The third-order valence-corrected chi connectivity index (χ3v) is 7.82. The normalized spacial score (nSPS) is 20.4. The topological polar surface area (TPSA) is 106 Å². The maximum Gasteiger partial charge on any atom is 0.268 e. The fraction of sp³-hybridized carbons (Fsp3) is 0.483. The summed E-state index contributed by atoms with van der Waals surface area (Å²) in [6, 6.07) is 9.32. The van der Waals surface area contributed by atoms with Gasteiger partial charge in [-0.2, -0.15) is 0 Å². The molecule has 3 heterocycles. The molecule has 2 aromatic heterocycles. The number of methoxy groups -OCH3 is 1. The molecule has 2 aliphatic rings. The fourth-order valence-electron chi connectivity index (χ4n) is 5.40. The van der Waals surface area contributed by atoms with Crippen LogP contribution in [0.15, 0.2) is 41.3 Å². The number of pyridine rings is 2. The number of nitrogens with zero attached hydrogens (tertiary/aromatic N) is 3. The van der Waals surface area contributed by atoms with Crippen molar-refractivity contribution in [1.29, 1.82) is 0 Å². The molecule has 202 valence electrons. The summed E-state index contributed by atoms with van der Waals surface area (Å²) >= 11 is 0. The highest BCUT2D eigenvalue weighted by atomic mass is 16.5. The molecule has 5 rings (SSSR count). The Morgan fingerprint density at radius 2 is 1.82 bits per heavy atom. The molecule has 1 saturated heterocycles. The van der Waals surface area contributed by atoms with Crippen molar-refractivity contribution in [2.45, 2.75) is 45.2 Å². The van der Waals surface area contributed by atoms with Crippen LogP contribution in [0.1, 0.15) is 43.0 Å². The van der Waals surface area contributed by atoms with Crippen LogP contribution in [0.3, 0.4) is 0 Å². The summed E-state index contributed by atoms with van der Waals surface area (Å²) in [5.74, 6) is 0.525. The number of carbonyl (C=O) groups is 1. The molecule has 9 nitrogen and oxygen atoms in total. The average Bonchev–Trinajstić information content (AvgIpc) is 2.95. The first kappa shape index (κ1) is 26.2. The van der Waals surface area contributed by atoms with Crippen molar-refractivity contribution < 1.29 is 19.4 Å². The first-order valence-corrected chi connectivity index (χ1v) is 13.5. The fourth-order valence-corrected chi connectivity index (χ4v) is 5.40. The van der Waals surface area contributed by atoms with Crippen LogP contribution >= 0.6 is 0 Å². The molecule has 1 aliphatic carbocycles. The van der Waals surface area contributed by atoms with Crippen molar-refractivity contribution in [2.24, 2.45) is 5.92 Å². The second-order valence-electron chi connectivity index (χ2n) is 10.4. The maximum absolute atomic E-state index is 13.7. The number of carbonyl (C=O) groups excluding carboxylic acids is 1. The van der Waals surface area contributed by atoms with Crippen molar-refractivity contribution in [3.8, 4) is 22.6 Å². The average molecular weight is 521 g/mol. The second-order valence-corrected chi connectivity index (χ2v) is 10.4. The minimum Gasteiger partial charge on any atom is -0.506 e. The SMILES string of the molecule is COc1ccc(-c2cnc3c(c2)c(O)c(C(=O)N[C@H]2CC[C@@H](C)CC2)c(=O)n3CCN2CCOCC2)cc1. The first-order chi connectivity index (χ1) is 18.4. The van der Waals surface area contributed by atoms with Crippen molar-refractivity contribution in [3.63, 3.8) is 0 Å². The Morgan fingerprint density at radius 1 is 1.11 bits per heavy atom. The van der Waals surface area contributed by atoms with E-state index in [-0.39, 0.29) is 17.4 Å². The van der Waals surface area contributed by atoms with Gasteiger partial charge in [-0.05, 0) is 55.4 Å². The predicted octanol–water partition coefficient (Wildman–Crippen LogP) is 3.42. The van der Waals surface area contributed by atoms with Gasteiger partial charge >= 0.3 is 0 Å². The summed E-state index contributed by atoms with van der Waals surface area (Å²) in [5, 5.41) is 14.7. The van der Waals surface area contributed by atoms with Crippen LogP contribution < -0.4 is 15.6 Å². The number of rotatable bonds is 7. The van der Waals surface area contributed by atoms with Crippen LogP contribution in [0, 0.1) is 5.92 Å². The minimum absolute atomic E-state index is 0.00115. The Labute approximate surface area is 222 Å². The Balaban J connectivity index is 1.54. The lowest BCUT2D eigenvalue weighted by atomic mass is 9.87. The number of benzene rings is 1. The lowest BCUT2D eigenvalue weighted by Gasteiger charge is -2.28. The van der Waals surface area contributed by atoms with Crippen LogP contribution in [-0.4, -0.2) is 71.5 Å². The summed E-state index contributed by atoms with van der Waals surface area (Å²) in [6.07, 6.45) is 5.50. The highest BCUT2D eigenvalue weighted by molar-refractivity contribution is 6.02. The van der Waals surface area contributed by atoms with Gasteiger partial charge < -0.3 is 19.9 Å². The van der Waals surface area contributed by atoms with Gasteiger partial charge in [0.1, 0.15) is 22.7 Å². The number of aromatic nitrogens is 2. The molecule has 1 amide bonds. The Morgan fingerprint density at radius 3 is 2.50 bits per heavy atom. The molecule has 0 atom stereocenters. The molecule has 0 unspecified atom stereocenters. The van der Waals surface area contributed by atoms with Gasteiger partial charge in [0.2, 0.25) is 0 Å². The van der Waals surface area contributed by atoms with Gasteiger partial charge in [-0.25, -0.2) is 4.98 Å². The van der Waals surface area contributed by atoms with E-state index in [1.165, 1.54) is 4.57 Å². The largest absolute Gasteiger partial charge is 0.506 e. The number of morpholine rings is 1. The molecular weight excluding hydrogens is 484 g/mol. The third kappa shape index (κ3) is 5.54. The van der Waals surface area contributed by atoms with Gasteiger partial charge in [0, 0.05) is 44.0 Å². The zero-order valence-electron chi connectivity index (χ0n) is 22.1. The van der Waals surface area contributed by atoms with E-state index in [2.05, 4.69) is 22.1 Å². The van der Waals surface area contributed by atoms with E-state index in [4.69, 9.17) is 9.47 Å². The Kier molecular flexibility index (Phi) is 7.95. The number of ether oxygens (including phenoxy) is 2. The molecule has 1 saturated carbocycles. The molecule has 2 N–H and O–H groups in total. The van der Waals surface area contributed by atoms with Gasteiger partial charge in [-0.3, -0.25) is 19.1 Å². The lowest BCUT2D eigenvalue weighted by Crippen LogP contribution is -2.42. The highest BCUT2D eigenvalue weighted by Gasteiger charge is 2.27. The highest BCUT2D eigenvalue weighted by Crippen LogP contribution is 2.31. The summed E-state index contributed by atoms with van der Waals surface area (Å²) in [6.45, 7) is 6.07. The van der Waals surface area contributed by atoms with Crippen molar-refractivity contribution in [1.82, 2.24) is 19.8 Å². The number of nitrogens with one attached hydrogen (secondary N) is 1. The maximum atomic E-state index is 13.7. The summed E-state index contributed by atoms with van der Waals surface area (Å²) in [7, 11) is 1.61. The van der Waals surface area contributed by atoms with Gasteiger partial charge in [-0.15, -0.1) is 0 Å². The molecule has 3 aromatic rings. The number of fused-ring (bicyclic) bond motifs is 1. The zero-order valence-corrected chi connectivity index (χ0v) is 22.1. The molecular formula is C29H36N4O5. The number of hydrogen-bond acceptors (Lipinski definition) is 7. The molecule has 0 spiro atoms. The molecule has 38 heavy (non-hydrogen) atoms. The monoisotopic (exact) mass is 520 g/mol. The standard InChI is InChI=1S/C29H36N4O5/c1-19-3-7-22(8-4-19)31-28(35)25-26(34)24-17-21(20-5-9-23(37-2)10-6-20)18-30-27(24)33(29(25)36)12-11-32-13-15-38-16-14-32/h5-6,9-10,17-19,22,34H,3-4,7-8,11-16H2,1-2H3,(H,31,35)/t19-,22+. The van der Waals surface area contributed by atoms with Crippen LogP contribution in [0.5, 0.6) is 11.5 Å². The van der Waals surface area contributed by atoms with Crippen molar-refractivity contribution in [3.05, 3.63) is 52.4 Å². The van der Waals surface area contributed by atoms with Gasteiger partial charge in [0.05, 0.1) is 25.7 Å². The van der Waals surface area contributed by atoms with Crippen LogP contribution in [-0.2, 0) is 11.3 Å². The summed E-state index contributed by atoms with van der Waals surface area (Å²) in [5.41, 5.74) is 1.27. The molecule has 0 radical (unpaired) electrons. The molecule has 9 heteroatoms. The smallest absolute Gasteiger partial charge is 0.268 e. The van der Waals surface area contributed by atoms with Crippen molar-refractivity contribution in [2.75, 3.05) is 40.0 Å². The van der Waals surface area contributed by atoms with E-state index in [0.717, 1.165) is 55.6 Å². The van der Waals surface area contributed by atoms with Gasteiger partial charge in [0.25, 0.3) is 11.5 Å². The third-order valence-electron chi connectivity index (χ3n) is 7.82. The molecule has 1 aliphatic heterocycles. The summed E-state index contributed by atoms with van der Waals surface area (Å²) in [4.78, 5) is 33.9. The quantitative estimate of drug-likeness (QED) is 0.492. The van der Waals surface area contributed by atoms with Crippen molar-refractivity contribution >= 4 is 16.9 Å². The number of amides is 1. The van der Waals surface area contributed by atoms with E-state index in [0.29, 0.717) is 43.3 Å². The van der Waals surface area contributed by atoms with E-state index < -0.39 is 11.5 Å². The number of hydrogen-bond donors (Lipinski definition) is 2. The lowest BCUT2D eigenvalue weighted by molar-refractivity contribution is 0.0364. The van der Waals surface area contributed by atoms with E-state index in [1.807, 2.05) is 24.3 Å². The number of aromatic hydroxyl groups is 1. The Bertz CT molecular complexity index is 1340. The zero-order chi connectivity index (χ0) is 26.6. The van der Waals surface area contributed by atoms with E-state index in [9.17, 15) is 14.7 Å². The van der Waals surface area contributed by atoms with E-state index >= 15 is 0 Å². The summed E-state index contributed by atoms with van der Waals surface area (Å²) < 4.78 is 12.2. The molecule has 0 bridgehead atoms. The van der Waals surface area contributed by atoms with Gasteiger partial charge in [-0.1, -0.05) is 19.1 Å². The van der Waals surface area contributed by atoms with E-state index in [1.54, 1.807) is 19.4 Å². The van der Waals surface area contributed by atoms with Crippen LogP contribution in [0.25, 0.3) is 22.2 Å². The van der Waals surface area contributed by atoms with Crippen LogP contribution in [0.4, 0.5) is 0 Å². The predicted molar refractivity (Wildman–Crippen MR) is 146 cm³/mol. The first-order valence-electron chi connectivity index (χ1n) is 13.5. The molecule has 2 fully saturated rings.